The van der Waals surface area contributed by atoms with Crippen molar-refractivity contribution in [3.8, 4) is 22.3 Å². The Balaban J connectivity index is 0.00000113. The van der Waals surface area contributed by atoms with Gasteiger partial charge in [0, 0.05) is 41.6 Å². The molecule has 0 saturated carbocycles. The van der Waals surface area contributed by atoms with Crippen molar-refractivity contribution in [3.05, 3.63) is 143 Å². The molecule has 1 unspecified atom stereocenters. The van der Waals surface area contributed by atoms with Gasteiger partial charge in [0.2, 0.25) is 0 Å². The molecule has 0 N–H and O–H groups in total. The zero-order chi connectivity index (χ0) is 34.2. The number of benzene rings is 5. The SMILES string of the molecule is CCCC1=Cc2c(-c3ccc(-c4ccccc4)cc3)cccc2C1c1c(C(C)(C)C)ccc2c1[cH-]c1cc(C(C)(C)C)ccc12.C[Si]C.[Zr]. The Morgan fingerprint density at radius 3 is 1.94 bits per heavy atom. The topological polar surface area (TPSA) is 0 Å². The third kappa shape index (κ3) is 7.34. The van der Waals surface area contributed by atoms with Crippen molar-refractivity contribution in [1.82, 2.24) is 0 Å². The quantitative estimate of drug-likeness (QED) is 0.122. The van der Waals surface area contributed by atoms with Crippen LogP contribution in [-0.2, 0) is 37.0 Å². The molecule has 1 atom stereocenters. The zero-order valence-electron chi connectivity index (χ0n) is 31.0. The van der Waals surface area contributed by atoms with E-state index in [1.165, 1.54) is 71.6 Å². The summed E-state index contributed by atoms with van der Waals surface area (Å²) < 4.78 is 0. The van der Waals surface area contributed by atoms with Crippen LogP contribution < -0.4 is 0 Å². The number of fused-ring (bicyclic) bond motifs is 4. The number of rotatable bonds is 5. The summed E-state index contributed by atoms with van der Waals surface area (Å²) in [6.45, 7) is 20.7. The van der Waals surface area contributed by atoms with Gasteiger partial charge < -0.3 is 0 Å². The minimum Gasteiger partial charge on any atom is -0.126 e. The van der Waals surface area contributed by atoms with Crippen molar-refractivity contribution in [2.75, 3.05) is 0 Å². The fourth-order valence-corrected chi connectivity index (χ4v) is 7.58. The molecule has 248 valence electrons. The van der Waals surface area contributed by atoms with E-state index in [0.29, 0.717) is 0 Å². The second kappa shape index (κ2) is 15.0. The van der Waals surface area contributed by atoms with Crippen LogP contribution in [0.25, 0.3) is 49.9 Å². The molecule has 0 nitrogen and oxygen atoms in total. The molecule has 2 heteroatoms. The average molecular weight is 735 g/mol. The Morgan fingerprint density at radius 1 is 0.673 bits per heavy atom. The number of allylic oxidation sites excluding steroid dienone is 1. The van der Waals surface area contributed by atoms with Crippen LogP contribution in [0.15, 0.2) is 115 Å². The van der Waals surface area contributed by atoms with Crippen molar-refractivity contribution in [1.29, 1.82) is 0 Å². The molecule has 7 rings (SSSR count). The molecule has 0 aliphatic heterocycles. The van der Waals surface area contributed by atoms with Crippen molar-refractivity contribution < 1.29 is 26.2 Å². The maximum absolute atomic E-state index is 2.54. The molecule has 1 aliphatic rings. The fourth-order valence-electron chi connectivity index (χ4n) is 7.58. The molecule has 0 saturated heterocycles. The number of hydrogen-bond acceptors (Lipinski definition) is 0. The molecule has 0 amide bonds. The van der Waals surface area contributed by atoms with Gasteiger partial charge in [0.25, 0.3) is 0 Å². The molecule has 6 aromatic rings. The predicted molar refractivity (Wildman–Crippen MR) is 214 cm³/mol. The van der Waals surface area contributed by atoms with Gasteiger partial charge in [-0.2, -0.15) is 0 Å². The number of hydrogen-bond donors (Lipinski definition) is 0. The van der Waals surface area contributed by atoms with Crippen LogP contribution in [0.4, 0.5) is 0 Å². The summed E-state index contributed by atoms with van der Waals surface area (Å²) in [7, 11) is 1.08. The molecule has 1 aliphatic carbocycles. The van der Waals surface area contributed by atoms with Crippen LogP contribution in [0, 0.1) is 0 Å². The van der Waals surface area contributed by atoms with E-state index in [-0.39, 0.29) is 43.0 Å². The van der Waals surface area contributed by atoms with E-state index in [0.717, 1.165) is 22.4 Å². The minimum atomic E-state index is 0. The first-order valence-electron chi connectivity index (χ1n) is 17.7. The van der Waals surface area contributed by atoms with Crippen molar-refractivity contribution in [2.45, 2.75) is 91.1 Å². The van der Waals surface area contributed by atoms with Gasteiger partial charge in [0.05, 0.1) is 0 Å². The standard InChI is InChI=1S/C45H45.C2H6Si.Zr/c1-8-13-32-27-39-35(31-20-18-30(19-21-31)29-14-10-9-11-15-29)16-12-17-38(39)42(32)43-40-28-33-26-34(44(2,3)4)22-23-36(33)37(40)24-25-41(43)45(5,6)7;1-3-2;/h9-12,14-28,42H,8,13H2,1-7H3;1-2H3;/q-1;;. The predicted octanol–water partition coefficient (Wildman–Crippen LogP) is 13.8. The van der Waals surface area contributed by atoms with Gasteiger partial charge in [-0.25, -0.2) is 0 Å². The fraction of sp³-hybridized carbons (Fsp3) is 0.298. The van der Waals surface area contributed by atoms with Crippen LogP contribution in [0.3, 0.4) is 0 Å². The van der Waals surface area contributed by atoms with E-state index < -0.39 is 0 Å². The summed E-state index contributed by atoms with van der Waals surface area (Å²) in [5.74, 6) is 0.250. The maximum atomic E-state index is 2.54. The van der Waals surface area contributed by atoms with Crippen molar-refractivity contribution in [2.24, 2.45) is 0 Å². The van der Waals surface area contributed by atoms with Gasteiger partial charge in [-0.3, -0.25) is 0 Å². The Hall–Kier alpha value is -3.19. The molecule has 0 bridgehead atoms. The normalized spacial score (nSPS) is 14.2. The summed E-state index contributed by atoms with van der Waals surface area (Å²) in [6.07, 6.45) is 4.77. The van der Waals surface area contributed by atoms with Gasteiger partial charge >= 0.3 is 0 Å². The first-order chi connectivity index (χ1) is 23.0. The van der Waals surface area contributed by atoms with E-state index >= 15 is 0 Å². The molecular weight excluding hydrogens is 684 g/mol. The van der Waals surface area contributed by atoms with Crippen LogP contribution in [0.2, 0.25) is 13.1 Å². The third-order valence-corrected chi connectivity index (χ3v) is 9.88. The minimum absolute atomic E-state index is 0. The summed E-state index contributed by atoms with van der Waals surface area (Å²) in [5.41, 5.74) is 14.0. The second-order valence-corrected chi connectivity index (χ2v) is 16.6. The summed E-state index contributed by atoms with van der Waals surface area (Å²) >= 11 is 0. The van der Waals surface area contributed by atoms with Gasteiger partial charge in [-0.05, 0) is 50.6 Å². The van der Waals surface area contributed by atoms with E-state index in [2.05, 4.69) is 177 Å². The molecule has 0 aromatic heterocycles. The third-order valence-electron chi connectivity index (χ3n) is 9.88. The van der Waals surface area contributed by atoms with Crippen molar-refractivity contribution in [3.63, 3.8) is 0 Å². The van der Waals surface area contributed by atoms with Gasteiger partial charge in [-0.15, -0.1) is 33.7 Å². The van der Waals surface area contributed by atoms with Crippen LogP contribution in [-0.4, -0.2) is 9.52 Å². The van der Waals surface area contributed by atoms with E-state index in [1.54, 1.807) is 5.57 Å². The maximum Gasteiger partial charge on any atom is 0.0307 e. The summed E-state index contributed by atoms with van der Waals surface area (Å²) in [4.78, 5) is 0. The zero-order valence-corrected chi connectivity index (χ0v) is 34.4. The first-order valence-corrected chi connectivity index (χ1v) is 19.7. The molecule has 0 heterocycles. The molecule has 0 fully saturated rings. The monoisotopic (exact) mass is 733 g/mol. The Labute approximate surface area is 317 Å². The van der Waals surface area contributed by atoms with Gasteiger partial charge in [-0.1, -0.05) is 193 Å². The molecular formula is C47H51SiZr-. The van der Waals surface area contributed by atoms with E-state index in [1.807, 2.05) is 0 Å². The van der Waals surface area contributed by atoms with Crippen LogP contribution in [0.5, 0.6) is 0 Å². The van der Waals surface area contributed by atoms with Crippen LogP contribution in [0.1, 0.15) is 95.0 Å². The average Bonchev–Trinajstić information content (AvgIpc) is 3.62. The van der Waals surface area contributed by atoms with Crippen LogP contribution >= 0.6 is 0 Å². The second-order valence-electron chi connectivity index (χ2n) is 15.6. The Kier molecular flexibility index (Phi) is 11.3. The smallest absolute Gasteiger partial charge is 0.0307 e. The van der Waals surface area contributed by atoms with Gasteiger partial charge in [0.15, 0.2) is 0 Å². The molecule has 0 spiro atoms. The van der Waals surface area contributed by atoms with E-state index in [4.69, 9.17) is 0 Å². The molecule has 6 aromatic carbocycles. The first kappa shape index (κ1) is 37.1. The summed E-state index contributed by atoms with van der Waals surface area (Å²) in [6, 6.07) is 41.3. The largest absolute Gasteiger partial charge is 0.126 e. The molecule has 2 radical (unpaired) electrons. The summed E-state index contributed by atoms with van der Waals surface area (Å²) in [5, 5.41) is 5.52. The van der Waals surface area contributed by atoms with E-state index in [9.17, 15) is 0 Å². The Morgan fingerprint density at radius 2 is 1.31 bits per heavy atom. The van der Waals surface area contributed by atoms with Gasteiger partial charge in [0.1, 0.15) is 0 Å². The van der Waals surface area contributed by atoms with Crippen molar-refractivity contribution >= 4 is 37.1 Å². The molecule has 49 heavy (non-hydrogen) atoms. The Bertz CT molecular complexity index is 2080.